The third-order valence-electron chi connectivity index (χ3n) is 3.70. The molecule has 1 N–H and O–H groups in total. The Labute approximate surface area is 149 Å². The zero-order valence-corrected chi connectivity index (χ0v) is 14.2. The highest BCUT2D eigenvalue weighted by Crippen LogP contribution is 2.24. The summed E-state index contributed by atoms with van der Waals surface area (Å²) in [6, 6.07) is 16.1. The third-order valence-corrected chi connectivity index (χ3v) is 4.61. The first kappa shape index (κ1) is 15.5. The van der Waals surface area contributed by atoms with E-state index in [1.165, 1.54) is 16.9 Å². The topological polar surface area (TPSA) is 68.5 Å². The Kier molecular flexibility index (Phi) is 4.47. The van der Waals surface area contributed by atoms with E-state index < -0.39 is 0 Å². The van der Waals surface area contributed by atoms with E-state index in [1.807, 2.05) is 35.1 Å². The number of rotatable bonds is 6. The first-order valence-corrected chi connectivity index (χ1v) is 8.78. The molecule has 3 heterocycles. The lowest BCUT2D eigenvalue weighted by Gasteiger charge is -2.05. The molecule has 124 valence electrons. The molecule has 0 aliphatic heterocycles. The maximum Gasteiger partial charge on any atom is 0.206 e. The van der Waals surface area contributed by atoms with Crippen LogP contribution in [0.15, 0.2) is 67.1 Å². The maximum absolute atomic E-state index is 4.29. The lowest BCUT2D eigenvalue weighted by molar-refractivity contribution is 0.878. The summed E-state index contributed by atoms with van der Waals surface area (Å²) >= 11 is 1.51. The smallest absolute Gasteiger partial charge is 0.206 e. The van der Waals surface area contributed by atoms with Crippen LogP contribution in [0.5, 0.6) is 0 Å². The normalized spacial score (nSPS) is 10.7. The molecule has 0 radical (unpaired) electrons. The minimum absolute atomic E-state index is 0.804. The van der Waals surface area contributed by atoms with Gasteiger partial charge in [0.1, 0.15) is 5.69 Å². The van der Waals surface area contributed by atoms with Crippen molar-refractivity contribution in [3.63, 3.8) is 0 Å². The molecule has 0 saturated heterocycles. The average Bonchev–Trinajstić information content (AvgIpc) is 3.35. The van der Waals surface area contributed by atoms with Crippen LogP contribution in [-0.4, -0.2) is 31.5 Å². The van der Waals surface area contributed by atoms with Crippen LogP contribution in [0.4, 0.5) is 5.13 Å². The van der Waals surface area contributed by atoms with Crippen molar-refractivity contribution < 1.29 is 0 Å². The molecular weight excluding hydrogens is 332 g/mol. The fourth-order valence-electron chi connectivity index (χ4n) is 2.44. The molecule has 1 aromatic carbocycles. The Bertz CT molecular complexity index is 916. The molecule has 0 saturated carbocycles. The number of anilines is 1. The summed E-state index contributed by atoms with van der Waals surface area (Å²) in [5, 5.41) is 17.6. The fraction of sp³-hybridized carbons (Fsp3) is 0.111. The third kappa shape index (κ3) is 3.72. The maximum atomic E-state index is 4.29. The van der Waals surface area contributed by atoms with Gasteiger partial charge in [0.15, 0.2) is 5.01 Å². The SMILES string of the molecule is c1ccc(-c2nnc(NCCc3ccc(-n4cccn4)cc3)s2)nc1. The van der Waals surface area contributed by atoms with E-state index >= 15 is 0 Å². The average molecular weight is 348 g/mol. The van der Waals surface area contributed by atoms with Crippen molar-refractivity contribution in [2.24, 2.45) is 0 Å². The van der Waals surface area contributed by atoms with E-state index in [0.29, 0.717) is 0 Å². The quantitative estimate of drug-likeness (QED) is 0.578. The number of benzene rings is 1. The molecule has 0 fully saturated rings. The number of hydrogen-bond acceptors (Lipinski definition) is 6. The highest BCUT2D eigenvalue weighted by Gasteiger charge is 2.06. The molecule has 7 heteroatoms. The van der Waals surface area contributed by atoms with Crippen molar-refractivity contribution in [2.45, 2.75) is 6.42 Å². The molecule has 0 aliphatic rings. The fourth-order valence-corrected chi connectivity index (χ4v) is 3.18. The van der Waals surface area contributed by atoms with Crippen molar-refractivity contribution >= 4 is 16.5 Å². The van der Waals surface area contributed by atoms with Gasteiger partial charge in [-0.05, 0) is 42.3 Å². The van der Waals surface area contributed by atoms with Gasteiger partial charge in [-0.25, -0.2) is 4.68 Å². The molecule has 6 nitrogen and oxygen atoms in total. The van der Waals surface area contributed by atoms with Crippen LogP contribution in [-0.2, 0) is 6.42 Å². The van der Waals surface area contributed by atoms with Crippen molar-refractivity contribution in [2.75, 3.05) is 11.9 Å². The molecule has 0 aliphatic carbocycles. The highest BCUT2D eigenvalue weighted by molar-refractivity contribution is 7.18. The number of hydrogen-bond donors (Lipinski definition) is 1. The molecule has 0 unspecified atom stereocenters. The second-order valence-electron chi connectivity index (χ2n) is 5.42. The summed E-state index contributed by atoms with van der Waals surface area (Å²) < 4.78 is 1.85. The van der Waals surface area contributed by atoms with Gasteiger partial charge in [-0.1, -0.05) is 29.5 Å². The zero-order valence-electron chi connectivity index (χ0n) is 13.4. The van der Waals surface area contributed by atoms with E-state index in [-0.39, 0.29) is 0 Å². The van der Waals surface area contributed by atoms with Crippen LogP contribution in [0.1, 0.15) is 5.56 Å². The summed E-state index contributed by atoms with van der Waals surface area (Å²) in [5.74, 6) is 0. The Morgan fingerprint density at radius 1 is 0.960 bits per heavy atom. The molecule has 0 atom stereocenters. The number of aromatic nitrogens is 5. The Morgan fingerprint density at radius 2 is 1.88 bits per heavy atom. The molecule has 3 aromatic heterocycles. The standard InChI is InChI=1S/C18H16N6S/c1-2-10-19-16(4-1)17-22-23-18(25-17)20-12-9-14-5-7-15(8-6-14)24-13-3-11-21-24/h1-8,10-11,13H,9,12H2,(H,20,23). The van der Waals surface area contributed by atoms with Gasteiger partial charge in [0.25, 0.3) is 0 Å². The van der Waals surface area contributed by atoms with Crippen LogP contribution in [0.2, 0.25) is 0 Å². The number of nitrogens with zero attached hydrogens (tertiary/aromatic N) is 5. The van der Waals surface area contributed by atoms with E-state index in [2.05, 4.69) is 49.9 Å². The van der Waals surface area contributed by atoms with Gasteiger partial charge in [0.2, 0.25) is 5.13 Å². The van der Waals surface area contributed by atoms with E-state index in [4.69, 9.17) is 0 Å². The molecular formula is C18H16N6S. The summed E-state index contributed by atoms with van der Waals surface area (Å²) in [4.78, 5) is 4.29. The van der Waals surface area contributed by atoms with Crippen LogP contribution in [0, 0.1) is 0 Å². The van der Waals surface area contributed by atoms with Gasteiger partial charge in [0, 0.05) is 25.1 Å². The summed E-state index contributed by atoms with van der Waals surface area (Å²) in [7, 11) is 0. The van der Waals surface area contributed by atoms with Crippen LogP contribution in [0.25, 0.3) is 16.4 Å². The number of pyridine rings is 1. The molecule has 4 rings (SSSR count). The van der Waals surface area contributed by atoms with Gasteiger partial charge in [-0.2, -0.15) is 5.10 Å². The van der Waals surface area contributed by atoms with E-state index in [1.54, 1.807) is 12.4 Å². The van der Waals surface area contributed by atoms with Crippen LogP contribution >= 0.6 is 11.3 Å². The first-order chi connectivity index (χ1) is 12.4. The molecule has 0 amide bonds. The van der Waals surface area contributed by atoms with Crippen molar-refractivity contribution in [3.8, 4) is 16.4 Å². The Morgan fingerprint density at radius 3 is 2.64 bits per heavy atom. The van der Waals surface area contributed by atoms with Gasteiger partial charge >= 0.3 is 0 Å². The van der Waals surface area contributed by atoms with Crippen LogP contribution in [0.3, 0.4) is 0 Å². The largest absolute Gasteiger partial charge is 0.360 e. The van der Waals surface area contributed by atoms with Crippen molar-refractivity contribution in [1.29, 1.82) is 0 Å². The van der Waals surface area contributed by atoms with Gasteiger partial charge in [-0.3, -0.25) is 4.98 Å². The second kappa shape index (κ2) is 7.23. The molecule has 0 bridgehead atoms. The van der Waals surface area contributed by atoms with E-state index in [9.17, 15) is 0 Å². The van der Waals surface area contributed by atoms with Gasteiger partial charge < -0.3 is 5.32 Å². The number of nitrogens with one attached hydrogen (secondary N) is 1. The minimum Gasteiger partial charge on any atom is -0.360 e. The van der Waals surface area contributed by atoms with Gasteiger partial charge in [0.05, 0.1) is 5.69 Å². The van der Waals surface area contributed by atoms with E-state index in [0.717, 1.165) is 34.5 Å². The Balaban J connectivity index is 1.33. The summed E-state index contributed by atoms with van der Waals surface area (Å²) in [5.41, 5.74) is 3.17. The zero-order chi connectivity index (χ0) is 16.9. The lowest BCUT2D eigenvalue weighted by Crippen LogP contribution is -2.04. The lowest BCUT2D eigenvalue weighted by atomic mass is 10.1. The van der Waals surface area contributed by atoms with Gasteiger partial charge in [-0.15, -0.1) is 10.2 Å². The molecule has 0 spiro atoms. The molecule has 25 heavy (non-hydrogen) atoms. The van der Waals surface area contributed by atoms with Crippen LogP contribution < -0.4 is 5.32 Å². The summed E-state index contributed by atoms with van der Waals surface area (Å²) in [6.45, 7) is 0.804. The summed E-state index contributed by atoms with van der Waals surface area (Å²) in [6.07, 6.45) is 6.39. The second-order valence-corrected chi connectivity index (χ2v) is 6.40. The van der Waals surface area contributed by atoms with Crippen molar-refractivity contribution in [1.82, 2.24) is 25.0 Å². The molecule has 4 aromatic rings. The van der Waals surface area contributed by atoms with Crippen molar-refractivity contribution in [3.05, 3.63) is 72.7 Å². The first-order valence-electron chi connectivity index (χ1n) is 7.96. The predicted molar refractivity (Wildman–Crippen MR) is 98.9 cm³/mol. The Hall–Kier alpha value is -3.06. The highest BCUT2D eigenvalue weighted by atomic mass is 32.1. The predicted octanol–water partition coefficient (Wildman–Crippen LogP) is 3.44. The monoisotopic (exact) mass is 348 g/mol. The minimum atomic E-state index is 0.804.